The summed E-state index contributed by atoms with van der Waals surface area (Å²) in [7, 11) is 0. The maximum Gasteiger partial charge on any atom is 0.261 e. The Morgan fingerprint density at radius 2 is 2.08 bits per heavy atom. The number of rotatable bonds is 4. The van der Waals surface area contributed by atoms with E-state index < -0.39 is 0 Å². The molecule has 0 spiro atoms. The molecule has 0 fully saturated rings. The van der Waals surface area contributed by atoms with Crippen LogP contribution >= 0.6 is 35.4 Å². The van der Waals surface area contributed by atoms with Gasteiger partial charge < -0.3 is 9.13 Å². The van der Waals surface area contributed by atoms with Crippen LogP contribution in [0.3, 0.4) is 0 Å². The van der Waals surface area contributed by atoms with Gasteiger partial charge in [-0.25, -0.2) is 0 Å². The molecule has 8 heteroatoms. The molecule has 3 aromatic rings. The van der Waals surface area contributed by atoms with Crippen molar-refractivity contribution in [3.05, 3.63) is 67.3 Å². The van der Waals surface area contributed by atoms with Gasteiger partial charge in [0, 0.05) is 22.8 Å². The predicted octanol–water partition coefficient (Wildman–Crippen LogP) is 4.14. The highest BCUT2D eigenvalue weighted by atomic mass is 35.5. The maximum atomic E-state index is 12.8. The molecule has 2 aromatic heterocycles. The van der Waals surface area contributed by atoms with Gasteiger partial charge >= 0.3 is 0 Å². The molecule has 0 radical (unpaired) electrons. The first kappa shape index (κ1) is 17.0. The van der Waals surface area contributed by atoms with E-state index in [1.807, 2.05) is 13.0 Å². The van der Waals surface area contributed by atoms with Gasteiger partial charge in [0.15, 0.2) is 10.6 Å². The van der Waals surface area contributed by atoms with Crippen molar-refractivity contribution in [3.63, 3.8) is 0 Å². The van der Waals surface area contributed by atoms with E-state index in [0.29, 0.717) is 39.3 Å². The van der Waals surface area contributed by atoms with Gasteiger partial charge in [-0.05, 0) is 49.0 Å². The number of pyridine rings is 1. The highest BCUT2D eigenvalue weighted by Crippen LogP contribution is 2.21. The van der Waals surface area contributed by atoms with E-state index in [9.17, 15) is 4.79 Å². The van der Waals surface area contributed by atoms with Gasteiger partial charge in [-0.3, -0.25) is 9.89 Å². The largest absolute Gasteiger partial charge is 0.310 e. The third kappa shape index (κ3) is 3.17. The number of halogens is 2. The number of nitrogens with zero attached hydrogens (tertiary/aromatic N) is 3. The zero-order chi connectivity index (χ0) is 17.3. The van der Waals surface area contributed by atoms with E-state index in [-0.39, 0.29) is 5.56 Å². The van der Waals surface area contributed by atoms with Crippen LogP contribution in [0, 0.1) is 4.77 Å². The number of aromatic amines is 1. The molecule has 5 nitrogen and oxygen atoms in total. The van der Waals surface area contributed by atoms with Crippen LogP contribution in [0.25, 0.3) is 11.4 Å². The normalized spacial score (nSPS) is 11.0. The second kappa shape index (κ2) is 6.93. The molecule has 1 aromatic carbocycles. The van der Waals surface area contributed by atoms with Crippen LogP contribution in [0.5, 0.6) is 0 Å². The molecule has 2 heterocycles. The summed E-state index contributed by atoms with van der Waals surface area (Å²) in [6.07, 6.45) is 1.72. The molecule has 0 amide bonds. The average Bonchev–Trinajstić information content (AvgIpc) is 2.92. The van der Waals surface area contributed by atoms with Gasteiger partial charge in [-0.15, -0.1) is 0 Å². The summed E-state index contributed by atoms with van der Waals surface area (Å²) in [5, 5.41) is 8.00. The first-order chi connectivity index (χ1) is 11.5. The monoisotopic (exact) mass is 380 g/mol. The lowest BCUT2D eigenvalue weighted by molar-refractivity contribution is 0.740. The molecule has 3 rings (SSSR count). The molecule has 0 bridgehead atoms. The molecule has 124 valence electrons. The number of nitrogens with one attached hydrogen (secondary N) is 1. The van der Waals surface area contributed by atoms with Crippen LogP contribution in [0.1, 0.15) is 12.5 Å². The second-order valence-corrected chi connectivity index (χ2v) is 6.42. The Morgan fingerprint density at radius 3 is 2.79 bits per heavy atom. The molecule has 0 aliphatic heterocycles. The van der Waals surface area contributed by atoms with Gasteiger partial charge in [0.2, 0.25) is 0 Å². The van der Waals surface area contributed by atoms with Crippen molar-refractivity contribution < 1.29 is 0 Å². The van der Waals surface area contributed by atoms with E-state index in [2.05, 4.69) is 10.2 Å². The van der Waals surface area contributed by atoms with Gasteiger partial charge in [0.05, 0.1) is 12.1 Å². The summed E-state index contributed by atoms with van der Waals surface area (Å²) in [4.78, 5) is 12.8. The molecular weight excluding hydrogens is 367 g/mol. The summed E-state index contributed by atoms with van der Waals surface area (Å²) < 4.78 is 3.86. The molecular formula is C16H14Cl2N4OS. The summed E-state index contributed by atoms with van der Waals surface area (Å²) in [5.41, 5.74) is 1.14. The number of benzene rings is 1. The first-order valence-electron chi connectivity index (χ1n) is 7.30. The number of aromatic nitrogens is 4. The number of hydrogen-bond donors (Lipinski definition) is 1. The molecule has 0 saturated carbocycles. The quantitative estimate of drug-likeness (QED) is 0.691. The van der Waals surface area contributed by atoms with Crippen molar-refractivity contribution in [1.29, 1.82) is 0 Å². The van der Waals surface area contributed by atoms with E-state index in [0.717, 1.165) is 5.56 Å². The second-order valence-electron chi connectivity index (χ2n) is 5.19. The Kier molecular flexibility index (Phi) is 4.89. The molecule has 0 saturated heterocycles. The Morgan fingerprint density at radius 1 is 1.29 bits per heavy atom. The SMILES string of the molecule is CCn1c(-c2cccn(Cc3ccc(Cl)cc3Cl)c2=O)n[nH]c1=S. The highest BCUT2D eigenvalue weighted by Gasteiger charge is 2.13. The highest BCUT2D eigenvalue weighted by molar-refractivity contribution is 7.71. The van der Waals surface area contributed by atoms with Crippen LogP contribution in [-0.2, 0) is 13.1 Å². The van der Waals surface area contributed by atoms with Crippen LogP contribution < -0.4 is 5.56 Å². The summed E-state index contributed by atoms with van der Waals surface area (Å²) in [6.45, 7) is 2.92. The molecule has 24 heavy (non-hydrogen) atoms. The predicted molar refractivity (Wildman–Crippen MR) is 98.3 cm³/mol. The van der Waals surface area contributed by atoms with Crippen molar-refractivity contribution in [2.75, 3.05) is 0 Å². The Labute approximate surface area is 153 Å². The molecule has 0 aliphatic rings. The standard InChI is InChI=1S/C16H14Cl2N4OS/c1-2-22-14(19-20-16(22)24)12-4-3-7-21(15(12)23)9-10-5-6-11(17)8-13(10)18/h3-8H,2,9H2,1H3,(H,20,24). The van der Waals surface area contributed by atoms with E-state index in [1.54, 1.807) is 39.6 Å². The molecule has 0 unspecified atom stereocenters. The Hall–Kier alpha value is -1.89. The topological polar surface area (TPSA) is 55.6 Å². The summed E-state index contributed by atoms with van der Waals surface area (Å²) in [6, 6.07) is 8.76. The van der Waals surface area contributed by atoms with Gasteiger partial charge in [0.1, 0.15) is 0 Å². The van der Waals surface area contributed by atoms with Crippen molar-refractivity contribution in [2.45, 2.75) is 20.0 Å². The van der Waals surface area contributed by atoms with E-state index in [1.165, 1.54) is 0 Å². The zero-order valence-electron chi connectivity index (χ0n) is 12.8. The van der Waals surface area contributed by atoms with Crippen molar-refractivity contribution in [2.24, 2.45) is 0 Å². The smallest absolute Gasteiger partial charge is 0.261 e. The van der Waals surface area contributed by atoms with Crippen LogP contribution in [-0.4, -0.2) is 19.3 Å². The minimum absolute atomic E-state index is 0.160. The summed E-state index contributed by atoms with van der Waals surface area (Å²) >= 11 is 17.3. The molecule has 1 N–H and O–H groups in total. The zero-order valence-corrected chi connectivity index (χ0v) is 15.1. The van der Waals surface area contributed by atoms with Crippen LogP contribution in [0.4, 0.5) is 0 Å². The minimum atomic E-state index is -0.160. The molecule has 0 atom stereocenters. The van der Waals surface area contributed by atoms with E-state index in [4.69, 9.17) is 35.4 Å². The Bertz CT molecular complexity index is 1010. The lowest BCUT2D eigenvalue weighted by Crippen LogP contribution is -2.22. The van der Waals surface area contributed by atoms with Gasteiger partial charge in [-0.1, -0.05) is 29.3 Å². The Balaban J connectivity index is 2.06. The van der Waals surface area contributed by atoms with Crippen molar-refractivity contribution in [3.8, 4) is 11.4 Å². The lowest BCUT2D eigenvalue weighted by Gasteiger charge is -2.10. The van der Waals surface area contributed by atoms with Crippen molar-refractivity contribution >= 4 is 35.4 Å². The summed E-state index contributed by atoms with van der Waals surface area (Å²) in [5.74, 6) is 0.532. The first-order valence-corrected chi connectivity index (χ1v) is 8.46. The van der Waals surface area contributed by atoms with Crippen LogP contribution in [0.2, 0.25) is 10.0 Å². The molecule has 0 aliphatic carbocycles. The lowest BCUT2D eigenvalue weighted by atomic mass is 10.2. The minimum Gasteiger partial charge on any atom is -0.310 e. The van der Waals surface area contributed by atoms with Gasteiger partial charge in [0.25, 0.3) is 5.56 Å². The maximum absolute atomic E-state index is 12.8. The average molecular weight is 381 g/mol. The van der Waals surface area contributed by atoms with Crippen molar-refractivity contribution in [1.82, 2.24) is 19.3 Å². The van der Waals surface area contributed by atoms with E-state index >= 15 is 0 Å². The fourth-order valence-electron chi connectivity index (χ4n) is 2.48. The fraction of sp³-hybridized carbons (Fsp3) is 0.188. The fourth-order valence-corrected chi connectivity index (χ4v) is 3.21. The third-order valence-electron chi connectivity index (χ3n) is 3.69. The number of H-pyrrole nitrogens is 1. The third-order valence-corrected chi connectivity index (χ3v) is 4.59. The van der Waals surface area contributed by atoms with Gasteiger partial charge in [-0.2, -0.15) is 5.10 Å². The van der Waals surface area contributed by atoms with Crippen LogP contribution in [0.15, 0.2) is 41.3 Å². The number of hydrogen-bond acceptors (Lipinski definition) is 3.